The summed E-state index contributed by atoms with van der Waals surface area (Å²) in [6.45, 7) is 20.6. The van der Waals surface area contributed by atoms with E-state index in [0.717, 1.165) is 74.4 Å². The maximum Gasteiger partial charge on any atom is 0.277 e. The van der Waals surface area contributed by atoms with Gasteiger partial charge in [-0.25, -0.2) is 0 Å². The molecule has 5 fully saturated rings. The molecule has 0 aliphatic carbocycles. The lowest BCUT2D eigenvalue weighted by molar-refractivity contribution is -1.07. The van der Waals surface area contributed by atoms with E-state index < -0.39 is 0 Å². The van der Waals surface area contributed by atoms with Gasteiger partial charge in [0.25, 0.3) is 11.8 Å². The standard InChI is InChI=1S/C24H44N4O2/c1-19-11-20(2)14-25(13-19)23(29)17-27-5-8-28(9-6-27,10-7-27)18-24(30)26-15-21(3)12-22(4)16-26/h19-22H,5-18H2,1-4H3/q+2/t19-,20-,21-,22-,27?,28?/m1/s1. The maximum absolute atomic E-state index is 13.1. The number of hydrogen-bond donors (Lipinski definition) is 0. The molecule has 0 aromatic carbocycles. The number of nitrogens with zero attached hydrogens (tertiary/aromatic N) is 4. The van der Waals surface area contributed by atoms with E-state index in [9.17, 15) is 9.59 Å². The zero-order valence-corrected chi connectivity index (χ0v) is 19.8. The molecule has 0 unspecified atom stereocenters. The number of piperazine rings is 3. The number of piperidine rings is 2. The molecule has 0 saturated carbocycles. The number of hydrogen-bond acceptors (Lipinski definition) is 2. The van der Waals surface area contributed by atoms with E-state index >= 15 is 0 Å². The predicted molar refractivity (Wildman–Crippen MR) is 119 cm³/mol. The molecule has 0 aromatic heterocycles. The van der Waals surface area contributed by atoms with Crippen LogP contribution in [0.1, 0.15) is 40.5 Å². The SMILES string of the molecule is C[C@@H]1C[C@@H](C)CN(C(=O)C[N+]23CC[N+](CC(=O)N4C[C@H](C)C[C@@H](C)C4)(CC2)CC3)C1. The van der Waals surface area contributed by atoms with E-state index in [2.05, 4.69) is 37.5 Å². The normalized spacial score (nSPS) is 41.7. The van der Waals surface area contributed by atoms with Crippen LogP contribution in [0.15, 0.2) is 0 Å². The topological polar surface area (TPSA) is 40.6 Å². The first kappa shape index (κ1) is 22.1. The smallest absolute Gasteiger partial charge is 0.277 e. The first-order valence-electron chi connectivity index (χ1n) is 12.4. The summed E-state index contributed by atoms with van der Waals surface area (Å²) in [4.78, 5) is 30.5. The summed E-state index contributed by atoms with van der Waals surface area (Å²) < 4.78 is 1.92. The van der Waals surface area contributed by atoms with Gasteiger partial charge in [-0.1, -0.05) is 27.7 Å². The molecule has 5 rings (SSSR count). The minimum absolute atomic E-state index is 0.364. The van der Waals surface area contributed by atoms with Gasteiger partial charge < -0.3 is 18.8 Å². The third kappa shape index (κ3) is 4.69. The van der Waals surface area contributed by atoms with Crippen LogP contribution in [0, 0.1) is 23.7 Å². The Morgan fingerprint density at radius 2 is 0.867 bits per heavy atom. The molecule has 6 heteroatoms. The fourth-order valence-corrected chi connectivity index (χ4v) is 6.92. The first-order chi connectivity index (χ1) is 14.2. The van der Waals surface area contributed by atoms with E-state index in [0.29, 0.717) is 48.6 Å². The van der Waals surface area contributed by atoms with Crippen LogP contribution in [0.5, 0.6) is 0 Å². The van der Waals surface area contributed by atoms with Gasteiger partial charge in [0.1, 0.15) is 39.3 Å². The Labute approximate surface area is 183 Å². The molecule has 170 valence electrons. The van der Waals surface area contributed by atoms with E-state index in [1.807, 2.05) is 0 Å². The average Bonchev–Trinajstić information content (AvgIpc) is 2.68. The molecule has 2 amide bonds. The number of amides is 2. The predicted octanol–water partition coefficient (Wildman–Crippen LogP) is 1.66. The van der Waals surface area contributed by atoms with Crippen molar-refractivity contribution < 1.29 is 18.6 Å². The summed E-state index contributed by atoms with van der Waals surface area (Å²) in [6.07, 6.45) is 2.48. The highest BCUT2D eigenvalue weighted by Gasteiger charge is 2.51. The lowest BCUT2D eigenvalue weighted by Crippen LogP contribution is -2.77. The van der Waals surface area contributed by atoms with Crippen molar-refractivity contribution in [3.8, 4) is 0 Å². The molecule has 6 nitrogen and oxygen atoms in total. The van der Waals surface area contributed by atoms with Gasteiger partial charge in [-0.3, -0.25) is 9.59 Å². The Hall–Kier alpha value is -1.14. The van der Waals surface area contributed by atoms with Crippen LogP contribution < -0.4 is 0 Å². The number of carbonyl (C=O) groups excluding carboxylic acids is 2. The van der Waals surface area contributed by atoms with Crippen molar-refractivity contribution >= 4 is 11.8 Å². The van der Waals surface area contributed by atoms with E-state index in [1.165, 1.54) is 12.8 Å². The molecule has 2 bridgehead atoms. The lowest BCUT2D eigenvalue weighted by Gasteiger charge is -2.55. The number of carbonyl (C=O) groups is 2. The van der Waals surface area contributed by atoms with Crippen molar-refractivity contribution in [1.82, 2.24) is 9.80 Å². The molecule has 5 heterocycles. The van der Waals surface area contributed by atoms with Crippen molar-refractivity contribution in [3.63, 3.8) is 0 Å². The number of fused-ring (bicyclic) bond motifs is 3. The monoisotopic (exact) mass is 420 g/mol. The zero-order valence-electron chi connectivity index (χ0n) is 19.8. The highest BCUT2D eigenvalue weighted by molar-refractivity contribution is 5.78. The van der Waals surface area contributed by atoms with Gasteiger partial charge in [0.2, 0.25) is 0 Å². The Morgan fingerprint density at radius 1 is 0.600 bits per heavy atom. The van der Waals surface area contributed by atoms with E-state index in [-0.39, 0.29) is 0 Å². The largest absolute Gasteiger partial charge is 0.337 e. The number of quaternary nitrogens is 2. The summed E-state index contributed by atoms with van der Waals surface area (Å²) in [7, 11) is 0. The van der Waals surface area contributed by atoms with Crippen molar-refractivity contribution in [1.29, 1.82) is 0 Å². The number of rotatable bonds is 4. The van der Waals surface area contributed by atoms with E-state index in [4.69, 9.17) is 0 Å². The van der Waals surface area contributed by atoms with Crippen molar-refractivity contribution in [2.45, 2.75) is 40.5 Å². The Balaban J connectivity index is 1.31. The lowest BCUT2D eigenvalue weighted by atomic mass is 9.91. The minimum atomic E-state index is 0.364. The highest BCUT2D eigenvalue weighted by Crippen LogP contribution is 2.29. The van der Waals surface area contributed by atoms with Gasteiger partial charge >= 0.3 is 0 Å². The second-order valence-electron chi connectivity index (χ2n) is 11.8. The van der Waals surface area contributed by atoms with Gasteiger partial charge in [-0.15, -0.1) is 0 Å². The third-order valence-electron chi connectivity index (χ3n) is 8.53. The van der Waals surface area contributed by atoms with Gasteiger partial charge in [0.05, 0.1) is 0 Å². The molecular weight excluding hydrogens is 376 g/mol. The third-order valence-corrected chi connectivity index (χ3v) is 8.53. The van der Waals surface area contributed by atoms with Gasteiger partial charge in [-0.05, 0) is 36.5 Å². The molecule has 0 aromatic rings. The van der Waals surface area contributed by atoms with Crippen LogP contribution in [-0.4, -0.2) is 109 Å². The van der Waals surface area contributed by atoms with Crippen LogP contribution >= 0.6 is 0 Å². The Kier molecular flexibility index (Phi) is 6.19. The Morgan fingerprint density at radius 3 is 1.13 bits per heavy atom. The first-order valence-corrected chi connectivity index (χ1v) is 12.4. The summed E-state index contributed by atoms with van der Waals surface area (Å²) in [5.74, 6) is 3.21. The summed E-state index contributed by atoms with van der Waals surface area (Å²) in [5.41, 5.74) is 0. The highest BCUT2D eigenvalue weighted by atomic mass is 16.2. The van der Waals surface area contributed by atoms with Crippen molar-refractivity contribution in [2.24, 2.45) is 23.7 Å². The minimum Gasteiger partial charge on any atom is -0.337 e. The maximum atomic E-state index is 13.1. The molecule has 0 N–H and O–H groups in total. The average molecular weight is 421 g/mol. The fourth-order valence-electron chi connectivity index (χ4n) is 6.92. The summed E-state index contributed by atoms with van der Waals surface area (Å²) >= 11 is 0. The molecule has 30 heavy (non-hydrogen) atoms. The van der Waals surface area contributed by atoms with Crippen LogP contribution in [0.25, 0.3) is 0 Å². The zero-order chi connectivity index (χ0) is 21.5. The number of likely N-dealkylation sites (tertiary alicyclic amines) is 2. The van der Waals surface area contributed by atoms with Gasteiger partial charge in [0.15, 0.2) is 13.1 Å². The van der Waals surface area contributed by atoms with Gasteiger partial charge in [0, 0.05) is 26.2 Å². The van der Waals surface area contributed by atoms with Gasteiger partial charge in [-0.2, -0.15) is 0 Å². The van der Waals surface area contributed by atoms with Crippen LogP contribution in [-0.2, 0) is 9.59 Å². The molecule has 0 spiro atoms. The molecular formula is C24H44N4O2+2. The molecule has 5 saturated heterocycles. The van der Waals surface area contributed by atoms with Crippen LogP contribution in [0.2, 0.25) is 0 Å². The summed E-state index contributed by atoms with van der Waals surface area (Å²) in [5, 5.41) is 0. The van der Waals surface area contributed by atoms with Crippen molar-refractivity contribution in [3.05, 3.63) is 0 Å². The Bertz CT molecular complexity index is 565. The molecule has 0 radical (unpaired) electrons. The second kappa shape index (κ2) is 8.42. The molecule has 5 aliphatic rings. The van der Waals surface area contributed by atoms with Crippen molar-refractivity contribution in [2.75, 3.05) is 78.5 Å². The van der Waals surface area contributed by atoms with Crippen LogP contribution in [0.3, 0.4) is 0 Å². The summed E-state index contributed by atoms with van der Waals surface area (Å²) in [6, 6.07) is 0. The molecule has 5 aliphatic heterocycles. The quantitative estimate of drug-likeness (QED) is 0.649. The molecule has 4 atom stereocenters. The fraction of sp³-hybridized carbons (Fsp3) is 0.917. The van der Waals surface area contributed by atoms with E-state index in [1.54, 1.807) is 0 Å². The second-order valence-corrected chi connectivity index (χ2v) is 11.8. The van der Waals surface area contributed by atoms with Crippen LogP contribution in [0.4, 0.5) is 0 Å².